The number of nitrogens with zero attached hydrogens (tertiary/aromatic N) is 3. The highest BCUT2D eigenvalue weighted by atomic mass is 16.2. The van der Waals surface area contributed by atoms with Crippen molar-refractivity contribution < 1.29 is 9.59 Å². The van der Waals surface area contributed by atoms with Gasteiger partial charge in [-0.1, -0.05) is 38.1 Å². The number of Topliss-reactive ketones (excluding diaryl/α,β-unsaturated/α-hetero) is 1. The zero-order chi connectivity index (χ0) is 19.7. The van der Waals surface area contributed by atoms with Crippen molar-refractivity contribution in [3.63, 3.8) is 0 Å². The van der Waals surface area contributed by atoms with Gasteiger partial charge in [-0.25, -0.2) is 4.98 Å². The third kappa shape index (κ3) is 4.01. The van der Waals surface area contributed by atoms with Gasteiger partial charge in [0, 0.05) is 36.4 Å². The zero-order valence-corrected chi connectivity index (χ0v) is 16.6. The van der Waals surface area contributed by atoms with Gasteiger partial charge in [0.15, 0.2) is 5.78 Å². The standard InChI is InChI=1S/C22H28N4O2/c1-14(2)11-15-3-5-16(6-4-15)20(27)17-7-9-26(10-8-17)22(28)19-12-18(19)21-23-13-24-25-21/h3-6,13-14,17-19H,7-12H2,1-2H3,(H,23,24,25)/t18-,19-/m1/s1. The molecule has 0 radical (unpaired) electrons. The first-order valence-electron chi connectivity index (χ1n) is 10.3. The Morgan fingerprint density at radius 1 is 1.18 bits per heavy atom. The van der Waals surface area contributed by atoms with E-state index in [1.165, 1.54) is 11.9 Å². The molecule has 1 aliphatic heterocycles. The van der Waals surface area contributed by atoms with E-state index in [1.54, 1.807) is 0 Å². The molecule has 2 heterocycles. The maximum Gasteiger partial charge on any atom is 0.226 e. The van der Waals surface area contributed by atoms with Crippen LogP contribution in [0.1, 0.15) is 60.8 Å². The lowest BCUT2D eigenvalue weighted by molar-refractivity contribution is -0.133. The van der Waals surface area contributed by atoms with Gasteiger partial charge in [-0.15, -0.1) is 0 Å². The van der Waals surface area contributed by atoms with E-state index < -0.39 is 0 Å². The van der Waals surface area contributed by atoms with Crippen molar-refractivity contribution >= 4 is 11.7 Å². The molecule has 1 amide bonds. The Hall–Kier alpha value is -2.50. The van der Waals surface area contributed by atoms with Crippen molar-refractivity contribution in [1.82, 2.24) is 20.1 Å². The topological polar surface area (TPSA) is 79.0 Å². The summed E-state index contributed by atoms with van der Waals surface area (Å²) >= 11 is 0. The molecule has 1 saturated carbocycles. The van der Waals surface area contributed by atoms with Crippen LogP contribution in [-0.4, -0.2) is 44.9 Å². The van der Waals surface area contributed by atoms with E-state index in [2.05, 4.69) is 41.2 Å². The average molecular weight is 380 g/mol. The lowest BCUT2D eigenvalue weighted by atomic mass is 9.88. The van der Waals surface area contributed by atoms with Gasteiger partial charge in [0.2, 0.25) is 5.91 Å². The summed E-state index contributed by atoms with van der Waals surface area (Å²) in [5.41, 5.74) is 2.07. The quantitative estimate of drug-likeness (QED) is 0.781. The number of carbonyl (C=O) groups excluding carboxylic acids is 2. The second-order valence-electron chi connectivity index (χ2n) is 8.58. The van der Waals surface area contributed by atoms with Gasteiger partial charge in [-0.3, -0.25) is 14.7 Å². The molecule has 4 rings (SSSR count). The van der Waals surface area contributed by atoms with Crippen LogP contribution in [0, 0.1) is 17.8 Å². The minimum atomic E-state index is 0.0178. The minimum absolute atomic E-state index is 0.0178. The van der Waals surface area contributed by atoms with Crippen LogP contribution in [0.15, 0.2) is 30.6 Å². The van der Waals surface area contributed by atoms with Crippen molar-refractivity contribution in [3.05, 3.63) is 47.5 Å². The van der Waals surface area contributed by atoms with Gasteiger partial charge in [-0.05, 0) is 37.2 Å². The van der Waals surface area contributed by atoms with Crippen molar-refractivity contribution in [3.8, 4) is 0 Å². The molecule has 1 aromatic carbocycles. The van der Waals surface area contributed by atoms with Crippen LogP contribution in [0.3, 0.4) is 0 Å². The minimum Gasteiger partial charge on any atom is -0.342 e. The number of piperidine rings is 1. The molecular weight excluding hydrogens is 352 g/mol. The number of likely N-dealkylation sites (tertiary alicyclic amines) is 1. The molecule has 0 spiro atoms. The molecular formula is C22H28N4O2. The first-order chi connectivity index (χ1) is 13.5. The highest BCUT2D eigenvalue weighted by Crippen LogP contribution is 2.47. The van der Waals surface area contributed by atoms with Crippen LogP contribution in [0.25, 0.3) is 0 Å². The van der Waals surface area contributed by atoms with Crippen LogP contribution in [0.2, 0.25) is 0 Å². The highest BCUT2D eigenvalue weighted by Gasteiger charge is 2.48. The molecule has 2 aromatic rings. The van der Waals surface area contributed by atoms with Crippen molar-refractivity contribution in [2.24, 2.45) is 17.8 Å². The summed E-state index contributed by atoms with van der Waals surface area (Å²) in [4.78, 5) is 31.6. The smallest absolute Gasteiger partial charge is 0.226 e. The fraction of sp³-hybridized carbons (Fsp3) is 0.545. The molecule has 1 N–H and O–H groups in total. The summed E-state index contributed by atoms with van der Waals surface area (Å²) in [7, 11) is 0. The number of H-pyrrole nitrogens is 1. The zero-order valence-electron chi connectivity index (χ0n) is 16.6. The molecule has 1 saturated heterocycles. The number of hydrogen-bond donors (Lipinski definition) is 1. The Bertz CT molecular complexity index is 821. The van der Waals surface area contributed by atoms with E-state index in [-0.39, 0.29) is 29.4 Å². The SMILES string of the molecule is CC(C)Cc1ccc(C(=O)C2CCN(C(=O)[C@@H]3C[C@H]3c3ncn[nH]3)CC2)cc1. The fourth-order valence-corrected chi connectivity index (χ4v) is 4.27. The first kappa shape index (κ1) is 18.8. The van der Waals surface area contributed by atoms with E-state index in [0.717, 1.165) is 37.1 Å². The summed E-state index contributed by atoms with van der Waals surface area (Å²) in [6.45, 7) is 5.73. The van der Waals surface area contributed by atoms with Gasteiger partial charge < -0.3 is 4.90 Å². The maximum absolute atomic E-state index is 12.8. The summed E-state index contributed by atoms with van der Waals surface area (Å²) in [6.07, 6.45) is 4.86. The number of aromatic amines is 1. The van der Waals surface area contributed by atoms with Gasteiger partial charge >= 0.3 is 0 Å². The molecule has 2 aliphatic rings. The van der Waals surface area contributed by atoms with Crippen LogP contribution in [0.4, 0.5) is 0 Å². The van der Waals surface area contributed by atoms with E-state index in [4.69, 9.17) is 0 Å². The molecule has 1 aromatic heterocycles. The van der Waals surface area contributed by atoms with E-state index in [1.807, 2.05) is 17.0 Å². The Kier molecular flexibility index (Phi) is 5.29. The molecule has 2 atom stereocenters. The second kappa shape index (κ2) is 7.86. The molecule has 6 heteroatoms. The first-order valence-corrected chi connectivity index (χ1v) is 10.3. The third-order valence-electron chi connectivity index (χ3n) is 5.95. The number of carbonyl (C=O) groups is 2. The van der Waals surface area contributed by atoms with Crippen LogP contribution in [0.5, 0.6) is 0 Å². The summed E-state index contributed by atoms with van der Waals surface area (Å²) in [5.74, 6) is 2.05. The maximum atomic E-state index is 12.8. The molecule has 0 unspecified atom stereocenters. The predicted molar refractivity (Wildman–Crippen MR) is 106 cm³/mol. The summed E-state index contributed by atoms with van der Waals surface area (Å²) in [6, 6.07) is 8.07. The summed E-state index contributed by atoms with van der Waals surface area (Å²) < 4.78 is 0. The van der Waals surface area contributed by atoms with Crippen molar-refractivity contribution in [1.29, 1.82) is 0 Å². The van der Waals surface area contributed by atoms with Gasteiger partial charge in [0.05, 0.1) is 0 Å². The molecule has 148 valence electrons. The van der Waals surface area contributed by atoms with Crippen LogP contribution < -0.4 is 0 Å². The lowest BCUT2D eigenvalue weighted by Crippen LogP contribution is -2.41. The molecule has 0 bridgehead atoms. The Morgan fingerprint density at radius 2 is 1.89 bits per heavy atom. The third-order valence-corrected chi connectivity index (χ3v) is 5.95. The monoisotopic (exact) mass is 380 g/mol. The second-order valence-corrected chi connectivity index (χ2v) is 8.58. The molecule has 2 fully saturated rings. The Labute approximate surface area is 165 Å². The number of rotatable bonds is 6. The van der Waals surface area contributed by atoms with Crippen LogP contribution in [-0.2, 0) is 11.2 Å². The van der Waals surface area contributed by atoms with E-state index in [9.17, 15) is 9.59 Å². The largest absolute Gasteiger partial charge is 0.342 e. The number of ketones is 1. The number of amides is 1. The number of benzene rings is 1. The fourth-order valence-electron chi connectivity index (χ4n) is 4.27. The van der Waals surface area contributed by atoms with Gasteiger partial charge in [0.1, 0.15) is 12.2 Å². The highest BCUT2D eigenvalue weighted by molar-refractivity contribution is 5.98. The Morgan fingerprint density at radius 3 is 2.50 bits per heavy atom. The molecule has 28 heavy (non-hydrogen) atoms. The van der Waals surface area contributed by atoms with Gasteiger partial charge in [-0.2, -0.15) is 5.10 Å². The number of aromatic nitrogens is 3. The van der Waals surface area contributed by atoms with E-state index >= 15 is 0 Å². The normalized spacial score (nSPS) is 22.5. The number of hydrogen-bond acceptors (Lipinski definition) is 4. The van der Waals surface area contributed by atoms with Crippen LogP contribution >= 0.6 is 0 Å². The van der Waals surface area contributed by atoms with Crippen molar-refractivity contribution in [2.75, 3.05) is 13.1 Å². The average Bonchev–Trinajstić information content (AvgIpc) is 3.31. The molecule has 6 nitrogen and oxygen atoms in total. The number of nitrogens with one attached hydrogen (secondary N) is 1. The lowest BCUT2D eigenvalue weighted by Gasteiger charge is -2.31. The molecule has 1 aliphatic carbocycles. The van der Waals surface area contributed by atoms with Gasteiger partial charge in [0.25, 0.3) is 0 Å². The predicted octanol–water partition coefficient (Wildman–Crippen LogP) is 3.23. The van der Waals surface area contributed by atoms with E-state index in [0.29, 0.717) is 19.0 Å². The Balaban J connectivity index is 1.29. The van der Waals surface area contributed by atoms with Crippen molar-refractivity contribution in [2.45, 2.75) is 45.4 Å². The summed E-state index contributed by atoms with van der Waals surface area (Å²) in [5, 5.41) is 6.73.